The predicted octanol–water partition coefficient (Wildman–Crippen LogP) is 4.91. The van der Waals surface area contributed by atoms with Crippen molar-refractivity contribution in [3.05, 3.63) is 59.0 Å². The number of fused-ring (bicyclic) bond motifs is 1. The van der Waals surface area contributed by atoms with Gasteiger partial charge in [-0.15, -0.1) is 11.3 Å². The fourth-order valence-corrected chi connectivity index (χ4v) is 4.42. The lowest BCUT2D eigenvalue weighted by molar-refractivity contribution is -0.120. The molecule has 1 atom stereocenters. The molecule has 2 aromatic carbocycles. The van der Waals surface area contributed by atoms with Crippen LogP contribution < -0.4 is 20.1 Å². The summed E-state index contributed by atoms with van der Waals surface area (Å²) in [5.74, 6) is 1.48. The van der Waals surface area contributed by atoms with Crippen molar-refractivity contribution in [1.82, 2.24) is 10.3 Å². The molecule has 7 nitrogen and oxygen atoms in total. The lowest BCUT2D eigenvalue weighted by Crippen LogP contribution is -2.30. The molecule has 0 saturated carbocycles. The van der Waals surface area contributed by atoms with E-state index in [0.29, 0.717) is 29.8 Å². The van der Waals surface area contributed by atoms with Gasteiger partial charge in [0.15, 0.2) is 11.7 Å². The SMILES string of the molecule is CC(=O)NC1CCOc2ccc(-c3csc(NC(=O)COc4cccc(C(C)C)c4)n3)cc21. The average molecular weight is 466 g/mol. The summed E-state index contributed by atoms with van der Waals surface area (Å²) < 4.78 is 11.4. The van der Waals surface area contributed by atoms with E-state index in [1.54, 1.807) is 0 Å². The number of nitrogens with zero attached hydrogens (tertiary/aromatic N) is 1. The molecule has 2 amide bonds. The molecule has 1 aliphatic heterocycles. The second-order valence-corrected chi connectivity index (χ2v) is 9.10. The maximum absolute atomic E-state index is 12.4. The van der Waals surface area contributed by atoms with Crippen molar-refractivity contribution in [3.8, 4) is 22.8 Å². The van der Waals surface area contributed by atoms with Crippen molar-refractivity contribution in [2.24, 2.45) is 0 Å². The molecule has 8 heteroatoms. The Labute approximate surface area is 197 Å². The molecule has 3 aromatic rings. The number of anilines is 1. The maximum Gasteiger partial charge on any atom is 0.264 e. The summed E-state index contributed by atoms with van der Waals surface area (Å²) in [4.78, 5) is 28.5. The Balaban J connectivity index is 1.40. The van der Waals surface area contributed by atoms with Crippen molar-refractivity contribution in [2.45, 2.75) is 39.2 Å². The van der Waals surface area contributed by atoms with Gasteiger partial charge in [-0.3, -0.25) is 14.9 Å². The van der Waals surface area contributed by atoms with E-state index in [4.69, 9.17) is 9.47 Å². The van der Waals surface area contributed by atoms with Crippen LogP contribution in [0.3, 0.4) is 0 Å². The van der Waals surface area contributed by atoms with Crippen molar-refractivity contribution in [2.75, 3.05) is 18.5 Å². The van der Waals surface area contributed by atoms with Crippen LogP contribution in [0.2, 0.25) is 0 Å². The number of aromatic nitrogens is 1. The average Bonchev–Trinajstić information content (AvgIpc) is 3.26. The third-order valence-corrected chi connectivity index (χ3v) is 6.13. The first-order valence-corrected chi connectivity index (χ1v) is 11.8. The highest BCUT2D eigenvalue weighted by Crippen LogP contribution is 2.36. The Morgan fingerprint density at radius 2 is 2.09 bits per heavy atom. The number of ether oxygens (including phenoxy) is 2. The maximum atomic E-state index is 12.4. The number of nitrogens with one attached hydrogen (secondary N) is 2. The van der Waals surface area contributed by atoms with Gasteiger partial charge in [-0.1, -0.05) is 26.0 Å². The number of hydrogen-bond donors (Lipinski definition) is 2. The minimum Gasteiger partial charge on any atom is -0.493 e. The van der Waals surface area contributed by atoms with E-state index < -0.39 is 0 Å². The molecule has 1 aliphatic rings. The molecule has 0 fully saturated rings. The lowest BCUT2D eigenvalue weighted by Gasteiger charge is -2.26. The monoisotopic (exact) mass is 465 g/mol. The van der Waals surface area contributed by atoms with E-state index in [1.165, 1.54) is 18.3 Å². The summed E-state index contributed by atoms with van der Waals surface area (Å²) in [5.41, 5.74) is 3.74. The Bertz CT molecular complexity index is 1160. The van der Waals surface area contributed by atoms with Crippen LogP contribution in [0.1, 0.15) is 50.3 Å². The quantitative estimate of drug-likeness (QED) is 0.517. The normalized spacial score (nSPS) is 14.8. The standard InChI is InChI=1S/C25H27N3O4S/c1-15(2)17-5-4-6-19(11-17)32-13-24(30)28-25-27-22(14-33-25)18-7-8-23-20(12-18)21(9-10-31-23)26-16(3)29/h4-8,11-12,14-15,21H,9-10,13H2,1-3H3,(H,26,29)(H,27,28,30). The van der Waals surface area contributed by atoms with Crippen LogP contribution in [-0.2, 0) is 9.59 Å². The zero-order valence-corrected chi connectivity index (χ0v) is 19.7. The second-order valence-electron chi connectivity index (χ2n) is 8.24. The van der Waals surface area contributed by atoms with Crippen LogP contribution in [0.5, 0.6) is 11.5 Å². The van der Waals surface area contributed by atoms with E-state index >= 15 is 0 Å². The first-order chi connectivity index (χ1) is 15.9. The fourth-order valence-electron chi connectivity index (χ4n) is 3.68. The summed E-state index contributed by atoms with van der Waals surface area (Å²) in [5, 5.41) is 8.17. The number of benzene rings is 2. The molecule has 33 heavy (non-hydrogen) atoms. The molecule has 4 rings (SSSR count). The van der Waals surface area contributed by atoms with Crippen LogP contribution in [0, 0.1) is 0 Å². The van der Waals surface area contributed by atoms with Crippen molar-refractivity contribution in [1.29, 1.82) is 0 Å². The number of rotatable bonds is 7. The van der Waals surface area contributed by atoms with Gasteiger partial charge in [-0.25, -0.2) is 4.98 Å². The molecule has 1 unspecified atom stereocenters. The zero-order valence-electron chi connectivity index (χ0n) is 18.9. The molecule has 0 radical (unpaired) electrons. The summed E-state index contributed by atoms with van der Waals surface area (Å²) in [6.45, 7) is 6.21. The van der Waals surface area contributed by atoms with E-state index in [9.17, 15) is 9.59 Å². The minimum atomic E-state index is -0.268. The van der Waals surface area contributed by atoms with Crippen LogP contribution in [-0.4, -0.2) is 30.0 Å². The Morgan fingerprint density at radius 1 is 1.24 bits per heavy atom. The number of carbonyl (C=O) groups is 2. The third-order valence-electron chi connectivity index (χ3n) is 5.37. The molecule has 0 bridgehead atoms. The van der Waals surface area contributed by atoms with Crippen LogP contribution in [0.4, 0.5) is 5.13 Å². The topological polar surface area (TPSA) is 89.6 Å². The van der Waals surface area contributed by atoms with Gasteiger partial charge in [0.05, 0.1) is 18.3 Å². The summed E-state index contributed by atoms with van der Waals surface area (Å²) >= 11 is 1.35. The number of hydrogen-bond acceptors (Lipinski definition) is 6. The molecule has 0 spiro atoms. The molecule has 0 saturated heterocycles. The van der Waals surface area contributed by atoms with Crippen molar-refractivity contribution < 1.29 is 19.1 Å². The van der Waals surface area contributed by atoms with Gasteiger partial charge in [0.2, 0.25) is 5.91 Å². The predicted molar refractivity (Wildman–Crippen MR) is 129 cm³/mol. The van der Waals surface area contributed by atoms with Gasteiger partial charge in [-0.05, 0) is 41.8 Å². The van der Waals surface area contributed by atoms with Gasteiger partial charge < -0.3 is 14.8 Å². The van der Waals surface area contributed by atoms with Gasteiger partial charge in [0.25, 0.3) is 5.91 Å². The number of thiazole rings is 1. The van der Waals surface area contributed by atoms with E-state index in [1.807, 2.05) is 47.8 Å². The molecule has 2 N–H and O–H groups in total. The van der Waals surface area contributed by atoms with E-state index in [2.05, 4.69) is 29.5 Å². The van der Waals surface area contributed by atoms with Crippen LogP contribution >= 0.6 is 11.3 Å². The Hall–Kier alpha value is -3.39. The van der Waals surface area contributed by atoms with Gasteiger partial charge in [0, 0.05) is 29.9 Å². The van der Waals surface area contributed by atoms with Gasteiger partial charge >= 0.3 is 0 Å². The highest BCUT2D eigenvalue weighted by Gasteiger charge is 2.23. The van der Waals surface area contributed by atoms with Crippen LogP contribution in [0.15, 0.2) is 47.8 Å². The van der Waals surface area contributed by atoms with Gasteiger partial charge in [0.1, 0.15) is 11.5 Å². The molecule has 2 heterocycles. The zero-order chi connectivity index (χ0) is 23.4. The Morgan fingerprint density at radius 3 is 2.88 bits per heavy atom. The summed E-state index contributed by atoms with van der Waals surface area (Å²) in [7, 11) is 0. The molecule has 1 aromatic heterocycles. The first kappa shape index (κ1) is 22.8. The summed E-state index contributed by atoms with van der Waals surface area (Å²) in [6, 6.07) is 13.5. The molecular formula is C25H27N3O4S. The molecule has 172 valence electrons. The third kappa shape index (κ3) is 5.70. The van der Waals surface area contributed by atoms with Crippen molar-refractivity contribution >= 4 is 28.3 Å². The largest absolute Gasteiger partial charge is 0.493 e. The lowest BCUT2D eigenvalue weighted by atomic mass is 9.97. The number of amides is 2. The van der Waals surface area contributed by atoms with Crippen LogP contribution in [0.25, 0.3) is 11.3 Å². The minimum absolute atomic E-state index is 0.0740. The first-order valence-electron chi connectivity index (χ1n) is 10.9. The van der Waals surface area contributed by atoms with E-state index in [-0.39, 0.29) is 24.5 Å². The molecular weight excluding hydrogens is 438 g/mol. The Kier molecular flexibility index (Phi) is 6.93. The number of carbonyl (C=O) groups excluding carboxylic acids is 2. The fraction of sp³-hybridized carbons (Fsp3) is 0.320. The van der Waals surface area contributed by atoms with E-state index in [0.717, 1.165) is 28.1 Å². The van der Waals surface area contributed by atoms with Gasteiger partial charge in [-0.2, -0.15) is 0 Å². The highest BCUT2D eigenvalue weighted by molar-refractivity contribution is 7.14. The summed E-state index contributed by atoms with van der Waals surface area (Å²) in [6.07, 6.45) is 0.717. The smallest absolute Gasteiger partial charge is 0.264 e. The molecule has 0 aliphatic carbocycles. The highest BCUT2D eigenvalue weighted by atomic mass is 32.1. The second kappa shape index (κ2) is 10.0. The van der Waals surface area contributed by atoms with Crippen molar-refractivity contribution in [3.63, 3.8) is 0 Å².